The molecule has 26 heavy (non-hydrogen) atoms. The van der Waals surface area contributed by atoms with Crippen LogP contribution in [0.3, 0.4) is 0 Å². The maximum Gasteiger partial charge on any atom is 0.251 e. The number of carbonyl (C=O) groups is 1. The molecule has 0 aliphatic carbocycles. The largest absolute Gasteiger partial charge is 0.348 e. The molecule has 6 heteroatoms. The lowest BCUT2D eigenvalue weighted by Gasteiger charge is -2.15. The minimum Gasteiger partial charge on any atom is -0.348 e. The van der Waals surface area contributed by atoms with Crippen molar-refractivity contribution < 1.29 is 13.2 Å². The molecule has 1 saturated heterocycles. The molecule has 0 bridgehead atoms. The van der Waals surface area contributed by atoms with Crippen LogP contribution in [0, 0.1) is 13.8 Å². The number of amides is 1. The van der Waals surface area contributed by atoms with Crippen molar-refractivity contribution in [3.63, 3.8) is 0 Å². The average molecular weight is 372 g/mol. The van der Waals surface area contributed by atoms with Crippen molar-refractivity contribution in [2.75, 3.05) is 13.1 Å². The Morgan fingerprint density at radius 3 is 2.27 bits per heavy atom. The molecule has 1 aliphatic rings. The van der Waals surface area contributed by atoms with E-state index in [4.69, 9.17) is 0 Å². The van der Waals surface area contributed by atoms with E-state index >= 15 is 0 Å². The van der Waals surface area contributed by atoms with Gasteiger partial charge in [-0.1, -0.05) is 18.2 Å². The van der Waals surface area contributed by atoms with Gasteiger partial charge in [-0.15, -0.1) is 0 Å². The third-order valence-electron chi connectivity index (χ3n) is 4.85. The van der Waals surface area contributed by atoms with Crippen molar-refractivity contribution in [3.8, 4) is 0 Å². The Bertz CT molecular complexity index is 899. The molecule has 5 nitrogen and oxygen atoms in total. The van der Waals surface area contributed by atoms with Gasteiger partial charge >= 0.3 is 0 Å². The van der Waals surface area contributed by atoms with Crippen molar-refractivity contribution in [2.24, 2.45) is 0 Å². The van der Waals surface area contributed by atoms with Gasteiger partial charge in [-0.2, -0.15) is 4.31 Å². The molecule has 0 aromatic heterocycles. The van der Waals surface area contributed by atoms with Crippen LogP contribution in [0.4, 0.5) is 0 Å². The van der Waals surface area contributed by atoms with Crippen LogP contribution >= 0.6 is 0 Å². The number of sulfonamides is 1. The molecule has 0 atom stereocenters. The smallest absolute Gasteiger partial charge is 0.251 e. The fourth-order valence-corrected chi connectivity index (χ4v) is 4.54. The molecule has 1 aliphatic heterocycles. The second-order valence-electron chi connectivity index (χ2n) is 6.74. The van der Waals surface area contributed by atoms with E-state index in [0.717, 1.165) is 29.5 Å². The molecule has 1 N–H and O–H groups in total. The van der Waals surface area contributed by atoms with Crippen LogP contribution < -0.4 is 5.32 Å². The van der Waals surface area contributed by atoms with E-state index in [1.807, 2.05) is 32.0 Å². The van der Waals surface area contributed by atoms with Crippen LogP contribution in [0.2, 0.25) is 0 Å². The lowest BCUT2D eigenvalue weighted by molar-refractivity contribution is 0.0951. The third kappa shape index (κ3) is 3.97. The quantitative estimate of drug-likeness (QED) is 0.877. The highest BCUT2D eigenvalue weighted by Crippen LogP contribution is 2.21. The summed E-state index contributed by atoms with van der Waals surface area (Å²) < 4.78 is 26.6. The molecule has 1 heterocycles. The first kappa shape index (κ1) is 18.6. The Hall–Kier alpha value is -2.18. The van der Waals surface area contributed by atoms with E-state index in [2.05, 4.69) is 5.32 Å². The van der Waals surface area contributed by atoms with Gasteiger partial charge in [0.05, 0.1) is 4.90 Å². The number of hydrogen-bond donors (Lipinski definition) is 1. The maximum absolute atomic E-state index is 12.5. The molecule has 1 fully saturated rings. The zero-order valence-electron chi connectivity index (χ0n) is 15.2. The molecule has 0 spiro atoms. The minimum atomic E-state index is -3.39. The van der Waals surface area contributed by atoms with Crippen molar-refractivity contribution in [1.29, 1.82) is 0 Å². The number of nitrogens with one attached hydrogen (secondary N) is 1. The van der Waals surface area contributed by atoms with Gasteiger partial charge in [-0.05, 0) is 67.6 Å². The van der Waals surface area contributed by atoms with Crippen molar-refractivity contribution in [2.45, 2.75) is 38.1 Å². The highest BCUT2D eigenvalue weighted by molar-refractivity contribution is 7.89. The van der Waals surface area contributed by atoms with E-state index in [9.17, 15) is 13.2 Å². The molecule has 1 amide bonds. The lowest BCUT2D eigenvalue weighted by Crippen LogP contribution is -2.28. The highest BCUT2D eigenvalue weighted by Gasteiger charge is 2.26. The molecule has 0 radical (unpaired) electrons. The molecular weight excluding hydrogens is 348 g/mol. The zero-order valence-corrected chi connectivity index (χ0v) is 16.0. The number of aryl methyl sites for hydroxylation is 2. The highest BCUT2D eigenvalue weighted by atomic mass is 32.2. The van der Waals surface area contributed by atoms with Gasteiger partial charge < -0.3 is 5.32 Å². The second kappa shape index (κ2) is 7.60. The summed E-state index contributed by atoms with van der Waals surface area (Å²) in [7, 11) is -3.39. The first-order valence-corrected chi connectivity index (χ1v) is 10.3. The molecular formula is C20H24N2O3S. The van der Waals surface area contributed by atoms with E-state index < -0.39 is 10.0 Å². The number of nitrogens with zero attached hydrogens (tertiary/aromatic N) is 1. The molecule has 138 valence electrons. The predicted molar refractivity (Wildman–Crippen MR) is 102 cm³/mol. The van der Waals surface area contributed by atoms with Crippen LogP contribution in [0.15, 0.2) is 47.4 Å². The van der Waals surface area contributed by atoms with Crippen molar-refractivity contribution in [1.82, 2.24) is 9.62 Å². The van der Waals surface area contributed by atoms with Crippen molar-refractivity contribution >= 4 is 15.9 Å². The summed E-state index contributed by atoms with van der Waals surface area (Å²) >= 11 is 0. The Kier molecular flexibility index (Phi) is 5.44. The van der Waals surface area contributed by atoms with Gasteiger partial charge in [0.25, 0.3) is 5.91 Å². The first-order chi connectivity index (χ1) is 12.4. The van der Waals surface area contributed by atoms with Gasteiger partial charge in [-0.25, -0.2) is 8.42 Å². The summed E-state index contributed by atoms with van der Waals surface area (Å²) in [4.78, 5) is 12.6. The van der Waals surface area contributed by atoms with Crippen LogP contribution in [0.5, 0.6) is 0 Å². The Balaban J connectivity index is 1.64. The van der Waals surface area contributed by atoms with Gasteiger partial charge in [-0.3, -0.25) is 4.79 Å². The van der Waals surface area contributed by atoms with Gasteiger partial charge in [0.15, 0.2) is 0 Å². The van der Waals surface area contributed by atoms with E-state index in [0.29, 0.717) is 30.1 Å². The minimum absolute atomic E-state index is 0.137. The Labute approximate surface area is 155 Å². The fourth-order valence-electron chi connectivity index (χ4n) is 3.02. The van der Waals surface area contributed by atoms with Gasteiger partial charge in [0, 0.05) is 25.2 Å². The second-order valence-corrected chi connectivity index (χ2v) is 8.67. The van der Waals surface area contributed by atoms with Crippen LogP contribution in [-0.4, -0.2) is 31.7 Å². The van der Waals surface area contributed by atoms with Gasteiger partial charge in [0.2, 0.25) is 10.0 Å². The summed E-state index contributed by atoms with van der Waals surface area (Å²) in [6.45, 7) is 5.53. The summed E-state index contributed by atoms with van der Waals surface area (Å²) in [6, 6.07) is 12.4. The molecule has 3 rings (SSSR count). The van der Waals surface area contributed by atoms with Gasteiger partial charge in [0.1, 0.15) is 0 Å². The normalized spacial score (nSPS) is 15.2. The van der Waals surface area contributed by atoms with Crippen LogP contribution in [-0.2, 0) is 16.6 Å². The number of rotatable bonds is 5. The van der Waals surface area contributed by atoms with E-state index in [-0.39, 0.29) is 5.91 Å². The van der Waals surface area contributed by atoms with Crippen LogP contribution in [0.25, 0.3) is 0 Å². The molecule has 2 aromatic rings. The summed E-state index contributed by atoms with van der Waals surface area (Å²) in [6.07, 6.45) is 1.84. The monoisotopic (exact) mass is 372 g/mol. The summed E-state index contributed by atoms with van der Waals surface area (Å²) in [5, 5.41) is 2.88. The zero-order chi connectivity index (χ0) is 18.7. The molecule has 0 unspecified atom stereocenters. The van der Waals surface area contributed by atoms with E-state index in [1.54, 1.807) is 24.3 Å². The number of hydrogen-bond acceptors (Lipinski definition) is 3. The molecule has 2 aromatic carbocycles. The Morgan fingerprint density at radius 1 is 1.00 bits per heavy atom. The predicted octanol–water partition coefficient (Wildman–Crippen LogP) is 3.02. The number of carbonyl (C=O) groups excluding carboxylic acids is 1. The lowest BCUT2D eigenvalue weighted by atomic mass is 10.1. The molecule has 0 saturated carbocycles. The SMILES string of the molecule is Cc1ccc(C(=O)NCc2ccc(S(=O)(=O)N3CCCC3)cc2)cc1C. The van der Waals surface area contributed by atoms with Crippen LogP contribution in [0.1, 0.15) is 39.9 Å². The standard InChI is InChI=1S/C20H24N2O3S/c1-15-5-8-18(13-16(15)2)20(23)21-14-17-6-9-19(10-7-17)26(24,25)22-11-3-4-12-22/h5-10,13H,3-4,11-12,14H2,1-2H3,(H,21,23). The van der Waals surface area contributed by atoms with Crippen molar-refractivity contribution in [3.05, 3.63) is 64.7 Å². The first-order valence-electron chi connectivity index (χ1n) is 8.82. The maximum atomic E-state index is 12.5. The van der Waals surface area contributed by atoms with E-state index in [1.165, 1.54) is 4.31 Å². The number of benzene rings is 2. The summed E-state index contributed by atoms with van der Waals surface area (Å²) in [5.74, 6) is -0.137. The Morgan fingerprint density at radius 2 is 1.65 bits per heavy atom. The fraction of sp³-hybridized carbons (Fsp3) is 0.350. The third-order valence-corrected chi connectivity index (χ3v) is 6.76. The topological polar surface area (TPSA) is 66.5 Å². The summed E-state index contributed by atoms with van der Waals surface area (Å²) in [5.41, 5.74) is 3.72. The average Bonchev–Trinajstić information content (AvgIpc) is 3.18.